The number of hydrogen-bond acceptors (Lipinski definition) is 5. The van der Waals surface area contributed by atoms with Crippen molar-refractivity contribution in [3.63, 3.8) is 0 Å². The zero-order valence-electron chi connectivity index (χ0n) is 14.9. The minimum absolute atomic E-state index is 0.429. The van der Waals surface area contributed by atoms with Crippen LogP contribution < -0.4 is 5.32 Å². The van der Waals surface area contributed by atoms with Crippen molar-refractivity contribution in [3.8, 4) is 11.4 Å². The van der Waals surface area contributed by atoms with Gasteiger partial charge in [-0.1, -0.05) is 11.6 Å². The molecule has 7 heteroatoms. The fourth-order valence-electron chi connectivity index (χ4n) is 3.28. The molecule has 1 atom stereocenters. The lowest BCUT2D eigenvalue weighted by Gasteiger charge is -2.13. The van der Waals surface area contributed by atoms with E-state index >= 15 is 0 Å². The molecule has 1 aliphatic rings. The van der Waals surface area contributed by atoms with Crippen LogP contribution in [0, 0.1) is 0 Å². The Bertz CT molecular complexity index is 1010. The van der Waals surface area contributed by atoms with E-state index in [-0.39, 0.29) is 0 Å². The van der Waals surface area contributed by atoms with Crippen molar-refractivity contribution in [1.29, 1.82) is 0 Å². The van der Waals surface area contributed by atoms with Gasteiger partial charge in [0.2, 0.25) is 0 Å². The number of nitrogens with one attached hydrogen (secondary N) is 1. The summed E-state index contributed by atoms with van der Waals surface area (Å²) in [5.74, 6) is 1.96. The van der Waals surface area contributed by atoms with Crippen LogP contribution in [0.5, 0.6) is 0 Å². The number of aromatic nitrogens is 3. The fourth-order valence-corrected chi connectivity index (χ4v) is 4.23. The Kier molecular flexibility index (Phi) is 5.18. The molecule has 0 radical (unpaired) electrons. The molecule has 0 spiro atoms. The van der Waals surface area contributed by atoms with Gasteiger partial charge in [0.05, 0.1) is 0 Å². The normalized spacial score (nSPS) is 14.0. The molecule has 0 saturated carbocycles. The van der Waals surface area contributed by atoms with E-state index in [9.17, 15) is 4.21 Å². The Morgan fingerprint density at radius 2 is 1.96 bits per heavy atom. The molecule has 1 N–H and O–H groups in total. The van der Waals surface area contributed by atoms with Crippen molar-refractivity contribution < 1.29 is 4.21 Å². The molecule has 1 aliphatic carbocycles. The standard InChI is InChI=1S/C20H19ClN4OS/c1-27(26)12-14-11-15(5-6-17(14)21)23-20-16-3-2-4-18(16)24-19(25-20)13-7-9-22-10-8-13/h5-11H,2-4,12H2,1H3,(H,23,24,25). The molecule has 3 aromatic rings. The summed E-state index contributed by atoms with van der Waals surface area (Å²) in [6, 6.07) is 9.52. The smallest absolute Gasteiger partial charge is 0.161 e. The van der Waals surface area contributed by atoms with Crippen LogP contribution >= 0.6 is 11.6 Å². The Balaban J connectivity index is 1.72. The molecular weight excluding hydrogens is 380 g/mol. The monoisotopic (exact) mass is 398 g/mol. The molecule has 0 fully saturated rings. The lowest BCUT2D eigenvalue weighted by atomic mass is 10.2. The molecular formula is C20H19ClN4OS. The highest BCUT2D eigenvalue weighted by Gasteiger charge is 2.20. The highest BCUT2D eigenvalue weighted by molar-refractivity contribution is 7.83. The number of halogens is 1. The van der Waals surface area contributed by atoms with Gasteiger partial charge in [0.15, 0.2) is 5.82 Å². The summed E-state index contributed by atoms with van der Waals surface area (Å²) >= 11 is 6.25. The summed E-state index contributed by atoms with van der Waals surface area (Å²) in [5, 5.41) is 4.06. The van der Waals surface area contributed by atoms with Crippen molar-refractivity contribution in [2.45, 2.75) is 25.0 Å². The Morgan fingerprint density at radius 1 is 1.15 bits per heavy atom. The second-order valence-electron chi connectivity index (χ2n) is 6.56. The van der Waals surface area contributed by atoms with Gasteiger partial charge in [-0.25, -0.2) is 9.97 Å². The quantitative estimate of drug-likeness (QED) is 0.693. The van der Waals surface area contributed by atoms with Crippen LogP contribution in [-0.4, -0.2) is 25.4 Å². The molecule has 27 heavy (non-hydrogen) atoms. The number of rotatable bonds is 5. The van der Waals surface area contributed by atoms with Gasteiger partial charge < -0.3 is 5.32 Å². The number of aryl methyl sites for hydroxylation is 1. The third-order valence-corrected chi connectivity index (χ3v) is 5.63. The largest absolute Gasteiger partial charge is 0.340 e. The van der Waals surface area contributed by atoms with E-state index in [1.165, 1.54) is 5.56 Å². The second-order valence-corrected chi connectivity index (χ2v) is 8.40. The van der Waals surface area contributed by atoms with Gasteiger partial charge in [0.1, 0.15) is 5.82 Å². The summed E-state index contributed by atoms with van der Waals surface area (Å²) in [4.78, 5) is 13.6. The first kappa shape index (κ1) is 18.1. The fraction of sp³-hybridized carbons (Fsp3) is 0.250. The maximum absolute atomic E-state index is 11.6. The zero-order valence-corrected chi connectivity index (χ0v) is 16.5. The summed E-state index contributed by atoms with van der Waals surface area (Å²) in [6.07, 6.45) is 8.18. The number of anilines is 2. The predicted molar refractivity (Wildman–Crippen MR) is 110 cm³/mol. The van der Waals surface area contributed by atoms with E-state index in [1.807, 2.05) is 30.3 Å². The van der Waals surface area contributed by atoms with Crippen molar-refractivity contribution in [1.82, 2.24) is 15.0 Å². The van der Waals surface area contributed by atoms with Gasteiger partial charge >= 0.3 is 0 Å². The first-order valence-electron chi connectivity index (χ1n) is 8.76. The maximum Gasteiger partial charge on any atom is 0.161 e. The third kappa shape index (κ3) is 4.01. The number of benzene rings is 1. The van der Waals surface area contributed by atoms with Gasteiger partial charge in [-0.2, -0.15) is 0 Å². The molecule has 0 amide bonds. The zero-order chi connectivity index (χ0) is 18.8. The van der Waals surface area contributed by atoms with Crippen molar-refractivity contribution in [3.05, 3.63) is 64.6 Å². The molecule has 0 aliphatic heterocycles. The summed E-state index contributed by atoms with van der Waals surface area (Å²) < 4.78 is 11.6. The average Bonchev–Trinajstić information content (AvgIpc) is 3.14. The van der Waals surface area contributed by atoms with Crippen LogP contribution in [0.2, 0.25) is 5.02 Å². The molecule has 5 nitrogen and oxygen atoms in total. The Morgan fingerprint density at radius 3 is 2.74 bits per heavy atom. The Hall–Kier alpha value is -2.31. The highest BCUT2D eigenvalue weighted by Crippen LogP contribution is 2.32. The average molecular weight is 399 g/mol. The van der Waals surface area contributed by atoms with Crippen LogP contribution in [0.1, 0.15) is 23.2 Å². The maximum atomic E-state index is 11.6. The molecule has 1 aromatic carbocycles. The highest BCUT2D eigenvalue weighted by atomic mass is 35.5. The van der Waals surface area contributed by atoms with Crippen LogP contribution in [0.15, 0.2) is 42.7 Å². The van der Waals surface area contributed by atoms with Crippen LogP contribution in [-0.2, 0) is 29.4 Å². The minimum atomic E-state index is -0.954. The molecule has 138 valence electrons. The van der Waals surface area contributed by atoms with Crippen molar-refractivity contribution >= 4 is 33.9 Å². The van der Waals surface area contributed by atoms with Gasteiger partial charge in [0, 0.05) is 62.7 Å². The Labute approximate surface area is 165 Å². The lowest BCUT2D eigenvalue weighted by molar-refractivity contribution is 0.686. The topological polar surface area (TPSA) is 67.8 Å². The van der Waals surface area contributed by atoms with E-state index < -0.39 is 10.8 Å². The van der Waals surface area contributed by atoms with Gasteiger partial charge in [-0.15, -0.1) is 0 Å². The first-order chi connectivity index (χ1) is 13.1. The van der Waals surface area contributed by atoms with Crippen LogP contribution in [0.3, 0.4) is 0 Å². The first-order valence-corrected chi connectivity index (χ1v) is 10.9. The number of fused-ring (bicyclic) bond motifs is 1. The van der Waals surface area contributed by atoms with Gasteiger partial charge in [-0.05, 0) is 55.2 Å². The molecule has 2 aromatic heterocycles. The third-order valence-electron chi connectivity index (χ3n) is 4.54. The summed E-state index contributed by atoms with van der Waals surface area (Å²) in [6.45, 7) is 0. The van der Waals surface area contributed by atoms with E-state index in [4.69, 9.17) is 21.6 Å². The summed E-state index contributed by atoms with van der Waals surface area (Å²) in [7, 11) is -0.954. The molecule has 0 saturated heterocycles. The van der Waals surface area contributed by atoms with Crippen LogP contribution in [0.25, 0.3) is 11.4 Å². The molecule has 1 unspecified atom stereocenters. The molecule has 2 heterocycles. The lowest BCUT2D eigenvalue weighted by Crippen LogP contribution is -2.04. The number of hydrogen-bond donors (Lipinski definition) is 1. The number of nitrogens with zero attached hydrogens (tertiary/aromatic N) is 3. The SMILES string of the molecule is CS(=O)Cc1cc(Nc2nc(-c3ccncc3)nc3c2CCC3)ccc1Cl. The van der Waals surface area contributed by atoms with E-state index in [2.05, 4.69) is 10.3 Å². The van der Waals surface area contributed by atoms with Crippen molar-refractivity contribution in [2.24, 2.45) is 0 Å². The minimum Gasteiger partial charge on any atom is -0.340 e. The molecule has 0 bridgehead atoms. The van der Waals surface area contributed by atoms with E-state index in [0.29, 0.717) is 16.6 Å². The van der Waals surface area contributed by atoms with Crippen molar-refractivity contribution in [2.75, 3.05) is 11.6 Å². The summed E-state index contributed by atoms with van der Waals surface area (Å²) in [5.41, 5.74) is 4.96. The van der Waals surface area contributed by atoms with Gasteiger partial charge in [0.25, 0.3) is 0 Å². The molecule has 4 rings (SSSR count). The number of pyridine rings is 1. The van der Waals surface area contributed by atoms with Gasteiger partial charge in [-0.3, -0.25) is 9.19 Å². The predicted octanol–water partition coefficient (Wildman–Crippen LogP) is 4.30. The van der Waals surface area contributed by atoms with E-state index in [1.54, 1.807) is 18.6 Å². The van der Waals surface area contributed by atoms with E-state index in [0.717, 1.165) is 47.6 Å². The van der Waals surface area contributed by atoms with Crippen LogP contribution in [0.4, 0.5) is 11.5 Å². The second kappa shape index (κ2) is 7.74.